The summed E-state index contributed by atoms with van der Waals surface area (Å²) >= 11 is 5.99. The molecule has 2 rings (SSSR count). The van der Waals surface area contributed by atoms with E-state index in [-0.39, 0.29) is 0 Å². The lowest BCUT2D eigenvalue weighted by molar-refractivity contribution is 0.512. The van der Waals surface area contributed by atoms with E-state index in [1.165, 1.54) is 16.7 Å². The zero-order valence-electron chi connectivity index (χ0n) is 8.02. The van der Waals surface area contributed by atoms with Crippen molar-refractivity contribution in [1.82, 2.24) is 5.32 Å². The molecule has 1 atom stereocenters. The number of hydrogen-bond acceptors (Lipinski definition) is 1. The number of fused-ring (bicyclic) bond motifs is 1. The molecule has 1 nitrogen and oxygen atoms in total. The number of nitrogens with one attached hydrogen (secondary N) is 1. The molecule has 0 saturated carbocycles. The van der Waals surface area contributed by atoms with Crippen LogP contribution in [-0.4, -0.2) is 6.04 Å². The van der Waals surface area contributed by atoms with E-state index >= 15 is 0 Å². The molecule has 0 spiro atoms. The smallest absolute Gasteiger partial charge is 0.0412 e. The average molecular weight is 196 g/mol. The van der Waals surface area contributed by atoms with Crippen molar-refractivity contribution in [3.8, 4) is 0 Å². The summed E-state index contributed by atoms with van der Waals surface area (Å²) in [6.07, 6.45) is 1.12. The Labute approximate surface area is 84.1 Å². The van der Waals surface area contributed by atoms with Crippen molar-refractivity contribution in [3.05, 3.63) is 33.8 Å². The van der Waals surface area contributed by atoms with Crippen molar-refractivity contribution in [1.29, 1.82) is 0 Å². The van der Waals surface area contributed by atoms with E-state index in [9.17, 15) is 0 Å². The van der Waals surface area contributed by atoms with Crippen molar-refractivity contribution in [2.45, 2.75) is 32.9 Å². The number of benzene rings is 1. The van der Waals surface area contributed by atoms with E-state index in [4.69, 9.17) is 11.6 Å². The minimum atomic E-state index is 0.590. The van der Waals surface area contributed by atoms with Gasteiger partial charge in [0.25, 0.3) is 0 Å². The van der Waals surface area contributed by atoms with Crippen LogP contribution in [0.25, 0.3) is 0 Å². The third kappa shape index (κ3) is 1.72. The van der Waals surface area contributed by atoms with Gasteiger partial charge in [-0.15, -0.1) is 0 Å². The molecular formula is C11H14ClN. The highest BCUT2D eigenvalue weighted by Crippen LogP contribution is 2.24. The van der Waals surface area contributed by atoms with Crippen LogP contribution in [0.3, 0.4) is 0 Å². The third-order valence-corrected chi connectivity index (χ3v) is 2.90. The maximum atomic E-state index is 5.99. The fraction of sp³-hybridized carbons (Fsp3) is 0.455. The van der Waals surface area contributed by atoms with Crippen LogP contribution in [0.2, 0.25) is 5.02 Å². The molecule has 0 aromatic heterocycles. The molecule has 1 unspecified atom stereocenters. The van der Waals surface area contributed by atoms with E-state index < -0.39 is 0 Å². The largest absolute Gasteiger partial charge is 0.310 e. The van der Waals surface area contributed by atoms with Crippen LogP contribution in [-0.2, 0) is 13.0 Å². The fourth-order valence-electron chi connectivity index (χ4n) is 1.95. The lowest BCUT2D eigenvalue weighted by Crippen LogP contribution is -2.33. The Hall–Kier alpha value is -0.530. The Balaban J connectivity index is 2.47. The molecule has 1 aliphatic heterocycles. The van der Waals surface area contributed by atoms with E-state index in [0.717, 1.165) is 18.0 Å². The third-order valence-electron chi connectivity index (χ3n) is 2.68. The van der Waals surface area contributed by atoms with Gasteiger partial charge in [0, 0.05) is 17.6 Å². The summed E-state index contributed by atoms with van der Waals surface area (Å²) < 4.78 is 0. The van der Waals surface area contributed by atoms with Crippen LogP contribution in [0, 0.1) is 6.92 Å². The minimum absolute atomic E-state index is 0.590. The Morgan fingerprint density at radius 3 is 3.00 bits per heavy atom. The fourth-order valence-corrected chi connectivity index (χ4v) is 2.25. The summed E-state index contributed by atoms with van der Waals surface area (Å²) in [6.45, 7) is 5.32. The van der Waals surface area contributed by atoms with Gasteiger partial charge in [-0.3, -0.25) is 0 Å². The maximum Gasteiger partial charge on any atom is 0.0412 e. The van der Waals surface area contributed by atoms with E-state index in [1.54, 1.807) is 0 Å². The molecule has 1 aromatic rings. The van der Waals surface area contributed by atoms with Crippen molar-refractivity contribution >= 4 is 11.6 Å². The van der Waals surface area contributed by atoms with Crippen LogP contribution in [0.15, 0.2) is 12.1 Å². The predicted octanol–water partition coefficient (Wildman–Crippen LogP) is 2.68. The van der Waals surface area contributed by atoms with Gasteiger partial charge in [0.2, 0.25) is 0 Å². The van der Waals surface area contributed by atoms with Gasteiger partial charge in [-0.25, -0.2) is 0 Å². The first-order valence-corrected chi connectivity index (χ1v) is 5.06. The lowest BCUT2D eigenvalue weighted by Gasteiger charge is -2.24. The molecule has 1 heterocycles. The average Bonchev–Trinajstić information content (AvgIpc) is 2.06. The van der Waals surface area contributed by atoms with Gasteiger partial charge < -0.3 is 5.32 Å². The van der Waals surface area contributed by atoms with E-state index in [1.807, 2.05) is 0 Å². The van der Waals surface area contributed by atoms with Crippen LogP contribution >= 0.6 is 11.6 Å². The van der Waals surface area contributed by atoms with E-state index in [2.05, 4.69) is 31.3 Å². The molecule has 1 aromatic carbocycles. The van der Waals surface area contributed by atoms with Crippen LogP contribution in [0.5, 0.6) is 0 Å². The van der Waals surface area contributed by atoms with Crippen molar-refractivity contribution in [2.24, 2.45) is 0 Å². The van der Waals surface area contributed by atoms with Gasteiger partial charge in [-0.2, -0.15) is 0 Å². The van der Waals surface area contributed by atoms with Crippen molar-refractivity contribution in [2.75, 3.05) is 0 Å². The number of rotatable bonds is 0. The molecule has 2 heteroatoms. The zero-order valence-corrected chi connectivity index (χ0v) is 8.78. The first-order chi connectivity index (χ1) is 6.16. The van der Waals surface area contributed by atoms with Crippen molar-refractivity contribution < 1.29 is 0 Å². The predicted molar refractivity (Wildman–Crippen MR) is 56.2 cm³/mol. The zero-order chi connectivity index (χ0) is 9.42. The SMILES string of the molecule is Cc1cc(Cl)cc2c1CC(C)NC2. The highest BCUT2D eigenvalue weighted by atomic mass is 35.5. The quantitative estimate of drug-likeness (QED) is 0.671. The van der Waals surface area contributed by atoms with E-state index in [0.29, 0.717) is 6.04 Å². The molecule has 0 amide bonds. The summed E-state index contributed by atoms with van der Waals surface area (Å²) in [4.78, 5) is 0. The standard InChI is InChI=1S/C11H14ClN/c1-7-3-10(12)5-9-6-13-8(2)4-11(7)9/h3,5,8,13H,4,6H2,1-2H3. The molecule has 1 aliphatic rings. The first kappa shape index (κ1) is 9.04. The van der Waals surface area contributed by atoms with Crippen LogP contribution < -0.4 is 5.32 Å². The highest BCUT2D eigenvalue weighted by molar-refractivity contribution is 6.30. The maximum absolute atomic E-state index is 5.99. The summed E-state index contributed by atoms with van der Waals surface area (Å²) in [7, 11) is 0. The lowest BCUT2D eigenvalue weighted by atomic mass is 9.93. The van der Waals surface area contributed by atoms with Gasteiger partial charge in [0.05, 0.1) is 0 Å². The Bertz CT molecular complexity index is 333. The van der Waals surface area contributed by atoms with Crippen molar-refractivity contribution in [3.63, 3.8) is 0 Å². The molecule has 1 N–H and O–H groups in total. The molecule has 0 saturated heterocycles. The second kappa shape index (κ2) is 3.32. The summed E-state index contributed by atoms with van der Waals surface area (Å²) in [6, 6.07) is 4.72. The molecule has 0 fully saturated rings. The Kier molecular flexibility index (Phi) is 2.31. The number of aryl methyl sites for hydroxylation is 1. The molecule has 0 radical (unpaired) electrons. The molecule has 0 bridgehead atoms. The Morgan fingerprint density at radius 2 is 2.23 bits per heavy atom. The van der Waals surface area contributed by atoms with Crippen LogP contribution in [0.4, 0.5) is 0 Å². The molecular weight excluding hydrogens is 182 g/mol. The normalized spacial score (nSPS) is 21.3. The van der Waals surface area contributed by atoms with Gasteiger partial charge in [-0.05, 0) is 49.1 Å². The van der Waals surface area contributed by atoms with Gasteiger partial charge >= 0.3 is 0 Å². The molecule has 70 valence electrons. The van der Waals surface area contributed by atoms with Crippen LogP contribution in [0.1, 0.15) is 23.6 Å². The summed E-state index contributed by atoms with van der Waals surface area (Å²) in [5, 5.41) is 4.29. The monoisotopic (exact) mass is 195 g/mol. The van der Waals surface area contributed by atoms with Gasteiger partial charge in [0.1, 0.15) is 0 Å². The Morgan fingerprint density at radius 1 is 1.46 bits per heavy atom. The minimum Gasteiger partial charge on any atom is -0.310 e. The topological polar surface area (TPSA) is 12.0 Å². The molecule has 0 aliphatic carbocycles. The summed E-state index contributed by atoms with van der Waals surface area (Å²) in [5.41, 5.74) is 4.18. The highest BCUT2D eigenvalue weighted by Gasteiger charge is 2.16. The molecule has 13 heavy (non-hydrogen) atoms. The number of hydrogen-bond donors (Lipinski definition) is 1. The second-order valence-corrected chi connectivity index (χ2v) is 4.28. The summed E-state index contributed by atoms with van der Waals surface area (Å²) in [5.74, 6) is 0. The number of halogens is 1. The van der Waals surface area contributed by atoms with Gasteiger partial charge in [-0.1, -0.05) is 11.6 Å². The van der Waals surface area contributed by atoms with Gasteiger partial charge in [0.15, 0.2) is 0 Å². The first-order valence-electron chi connectivity index (χ1n) is 4.68. The second-order valence-electron chi connectivity index (χ2n) is 3.85.